The molecule has 0 radical (unpaired) electrons. The van der Waals surface area contributed by atoms with Crippen LogP contribution in [0.1, 0.15) is 17.2 Å². The van der Waals surface area contributed by atoms with Crippen molar-refractivity contribution in [3.8, 4) is 0 Å². The summed E-state index contributed by atoms with van der Waals surface area (Å²) in [5.41, 5.74) is 1.95. The summed E-state index contributed by atoms with van der Waals surface area (Å²) in [6, 6.07) is 11.6. The Labute approximate surface area is 122 Å². The van der Waals surface area contributed by atoms with Gasteiger partial charge in [-0.3, -0.25) is 4.79 Å². The van der Waals surface area contributed by atoms with Gasteiger partial charge in [0.1, 0.15) is 0 Å². The zero-order chi connectivity index (χ0) is 14.2. The average Bonchev–Trinajstić information content (AvgIpc) is 3.00. The summed E-state index contributed by atoms with van der Waals surface area (Å²) in [5, 5.41) is 19.4. The molecule has 1 atom stereocenters. The third-order valence-corrected chi connectivity index (χ3v) is 3.59. The summed E-state index contributed by atoms with van der Waals surface area (Å²) in [6.07, 6.45) is -0.567. The number of benzene rings is 1. The van der Waals surface area contributed by atoms with E-state index >= 15 is 0 Å². The van der Waals surface area contributed by atoms with E-state index in [1.807, 2.05) is 47.2 Å². The first-order chi connectivity index (χ1) is 9.75. The fourth-order valence-electron chi connectivity index (χ4n) is 1.76. The molecule has 1 unspecified atom stereocenters. The number of nitrogens with one attached hydrogen (secondary N) is 2. The summed E-state index contributed by atoms with van der Waals surface area (Å²) < 4.78 is 0. The van der Waals surface area contributed by atoms with Gasteiger partial charge in [-0.25, -0.2) is 0 Å². The second-order valence-electron chi connectivity index (χ2n) is 4.47. The molecule has 5 heteroatoms. The number of aliphatic hydroxyl groups excluding tert-OH is 1. The molecule has 0 bridgehead atoms. The second kappa shape index (κ2) is 7.79. The Morgan fingerprint density at radius 3 is 2.75 bits per heavy atom. The smallest absolute Gasteiger partial charge is 0.234 e. The largest absolute Gasteiger partial charge is 0.387 e. The van der Waals surface area contributed by atoms with E-state index in [-0.39, 0.29) is 12.5 Å². The van der Waals surface area contributed by atoms with Gasteiger partial charge in [0, 0.05) is 13.1 Å². The maximum atomic E-state index is 11.6. The molecule has 0 saturated heterocycles. The molecule has 0 fully saturated rings. The molecule has 0 spiro atoms. The molecule has 1 aromatic carbocycles. The van der Waals surface area contributed by atoms with Crippen molar-refractivity contribution in [1.82, 2.24) is 10.6 Å². The Morgan fingerprint density at radius 2 is 2.05 bits per heavy atom. The highest BCUT2D eigenvalue weighted by Gasteiger charge is 2.08. The van der Waals surface area contributed by atoms with Crippen molar-refractivity contribution < 1.29 is 9.90 Å². The van der Waals surface area contributed by atoms with Gasteiger partial charge in [-0.2, -0.15) is 11.3 Å². The number of thiophene rings is 1. The van der Waals surface area contributed by atoms with Crippen LogP contribution < -0.4 is 10.6 Å². The van der Waals surface area contributed by atoms with Gasteiger partial charge in [-0.05, 0) is 28.0 Å². The quantitative estimate of drug-likeness (QED) is 0.727. The number of carbonyl (C=O) groups excluding carboxylic acids is 1. The number of hydrogen-bond donors (Lipinski definition) is 3. The molecule has 20 heavy (non-hydrogen) atoms. The van der Waals surface area contributed by atoms with E-state index < -0.39 is 6.10 Å². The van der Waals surface area contributed by atoms with Crippen LogP contribution in [0.4, 0.5) is 0 Å². The predicted octanol–water partition coefficient (Wildman–Crippen LogP) is 1.69. The van der Waals surface area contributed by atoms with Crippen LogP contribution in [-0.4, -0.2) is 24.1 Å². The molecule has 0 saturated carbocycles. The molecule has 1 amide bonds. The summed E-state index contributed by atoms with van der Waals surface area (Å²) in [5.74, 6) is -0.0774. The van der Waals surface area contributed by atoms with Gasteiger partial charge in [0.2, 0.25) is 5.91 Å². The molecule has 4 nitrogen and oxygen atoms in total. The van der Waals surface area contributed by atoms with Crippen molar-refractivity contribution in [2.45, 2.75) is 12.6 Å². The minimum Gasteiger partial charge on any atom is -0.387 e. The summed E-state index contributed by atoms with van der Waals surface area (Å²) in [4.78, 5) is 11.6. The molecular weight excluding hydrogens is 272 g/mol. The van der Waals surface area contributed by atoms with Crippen LogP contribution in [0.3, 0.4) is 0 Å². The molecule has 2 aromatic rings. The van der Waals surface area contributed by atoms with Gasteiger partial charge in [0.25, 0.3) is 0 Å². The Balaban J connectivity index is 1.63. The first-order valence-corrected chi connectivity index (χ1v) is 7.41. The van der Waals surface area contributed by atoms with E-state index in [0.29, 0.717) is 13.1 Å². The first kappa shape index (κ1) is 14.7. The third kappa shape index (κ3) is 4.77. The van der Waals surface area contributed by atoms with Crippen LogP contribution in [-0.2, 0) is 11.3 Å². The fourth-order valence-corrected chi connectivity index (χ4v) is 2.47. The van der Waals surface area contributed by atoms with E-state index in [9.17, 15) is 9.90 Å². The molecule has 1 aromatic heterocycles. The Bertz CT molecular complexity index is 514. The number of aliphatic hydroxyl groups is 1. The molecular formula is C15H18N2O2S. The van der Waals surface area contributed by atoms with Crippen molar-refractivity contribution in [3.05, 3.63) is 58.3 Å². The van der Waals surface area contributed by atoms with Crippen molar-refractivity contribution in [3.63, 3.8) is 0 Å². The Morgan fingerprint density at radius 1 is 1.25 bits per heavy atom. The summed E-state index contributed by atoms with van der Waals surface area (Å²) in [7, 11) is 0. The monoisotopic (exact) mass is 290 g/mol. The van der Waals surface area contributed by atoms with Crippen LogP contribution in [0.15, 0.2) is 47.2 Å². The molecule has 3 N–H and O–H groups in total. The number of hydrogen-bond acceptors (Lipinski definition) is 4. The highest BCUT2D eigenvalue weighted by atomic mass is 32.1. The third-order valence-electron chi connectivity index (χ3n) is 2.88. The SMILES string of the molecule is O=C(CNCC(O)c1ccsc1)NCc1ccccc1. The standard InChI is InChI=1S/C15H18N2O2S/c18-14(13-6-7-20-11-13)9-16-10-15(19)17-8-12-4-2-1-3-5-12/h1-7,11,14,16,18H,8-10H2,(H,17,19). The molecule has 0 aliphatic carbocycles. The maximum Gasteiger partial charge on any atom is 0.234 e. The maximum absolute atomic E-state index is 11.6. The lowest BCUT2D eigenvalue weighted by molar-refractivity contribution is -0.120. The van der Waals surface area contributed by atoms with Crippen molar-refractivity contribution in [2.24, 2.45) is 0 Å². The lowest BCUT2D eigenvalue weighted by atomic mass is 10.2. The van der Waals surface area contributed by atoms with Crippen molar-refractivity contribution >= 4 is 17.2 Å². The molecule has 0 aliphatic heterocycles. The Kier molecular flexibility index (Phi) is 5.73. The van der Waals surface area contributed by atoms with E-state index in [4.69, 9.17) is 0 Å². The summed E-state index contributed by atoms with van der Waals surface area (Å²) in [6.45, 7) is 1.10. The van der Waals surface area contributed by atoms with E-state index in [0.717, 1.165) is 11.1 Å². The zero-order valence-electron chi connectivity index (χ0n) is 11.1. The van der Waals surface area contributed by atoms with Gasteiger partial charge in [-0.1, -0.05) is 30.3 Å². The number of rotatable bonds is 7. The van der Waals surface area contributed by atoms with E-state index in [1.54, 1.807) is 11.3 Å². The van der Waals surface area contributed by atoms with Gasteiger partial charge < -0.3 is 15.7 Å². The minimum absolute atomic E-state index is 0.0774. The average molecular weight is 290 g/mol. The lowest BCUT2D eigenvalue weighted by Crippen LogP contribution is -2.35. The normalized spacial score (nSPS) is 12.1. The minimum atomic E-state index is -0.567. The fraction of sp³-hybridized carbons (Fsp3) is 0.267. The van der Waals surface area contributed by atoms with Crippen molar-refractivity contribution in [1.29, 1.82) is 0 Å². The molecule has 0 aliphatic rings. The zero-order valence-corrected chi connectivity index (χ0v) is 11.9. The van der Waals surface area contributed by atoms with Crippen LogP contribution in [0.5, 0.6) is 0 Å². The predicted molar refractivity (Wildman–Crippen MR) is 80.4 cm³/mol. The highest BCUT2D eigenvalue weighted by molar-refractivity contribution is 7.07. The number of amides is 1. The lowest BCUT2D eigenvalue weighted by Gasteiger charge is -2.10. The van der Waals surface area contributed by atoms with E-state index in [1.165, 1.54) is 0 Å². The summed E-state index contributed by atoms with van der Waals surface area (Å²) >= 11 is 1.55. The van der Waals surface area contributed by atoms with Crippen molar-refractivity contribution in [2.75, 3.05) is 13.1 Å². The van der Waals surface area contributed by atoms with Gasteiger partial charge in [0.15, 0.2) is 0 Å². The van der Waals surface area contributed by atoms with Crippen LogP contribution in [0, 0.1) is 0 Å². The van der Waals surface area contributed by atoms with Crippen LogP contribution in [0.25, 0.3) is 0 Å². The number of carbonyl (C=O) groups is 1. The molecule has 106 valence electrons. The first-order valence-electron chi connectivity index (χ1n) is 6.47. The van der Waals surface area contributed by atoms with Crippen LogP contribution in [0.2, 0.25) is 0 Å². The van der Waals surface area contributed by atoms with E-state index in [2.05, 4.69) is 10.6 Å². The highest BCUT2D eigenvalue weighted by Crippen LogP contribution is 2.14. The second-order valence-corrected chi connectivity index (χ2v) is 5.25. The molecule has 1 heterocycles. The van der Waals surface area contributed by atoms with Gasteiger partial charge >= 0.3 is 0 Å². The van der Waals surface area contributed by atoms with Crippen LogP contribution >= 0.6 is 11.3 Å². The molecule has 2 rings (SSSR count). The van der Waals surface area contributed by atoms with Gasteiger partial charge in [-0.15, -0.1) is 0 Å². The Hall–Kier alpha value is -1.69. The van der Waals surface area contributed by atoms with Gasteiger partial charge in [0.05, 0.1) is 12.6 Å². The topological polar surface area (TPSA) is 61.4 Å².